The van der Waals surface area contributed by atoms with Crippen molar-refractivity contribution in [2.24, 2.45) is 0 Å². The molecular formula is C14H19FN4O. The van der Waals surface area contributed by atoms with Crippen LogP contribution in [0.25, 0.3) is 0 Å². The summed E-state index contributed by atoms with van der Waals surface area (Å²) in [6, 6.07) is 6.15. The number of hydrogen-bond acceptors (Lipinski definition) is 4. The number of hydrogen-bond donors (Lipinski definition) is 1. The minimum Gasteiger partial charge on any atom is -0.485 e. The van der Waals surface area contributed by atoms with Crippen molar-refractivity contribution in [3.63, 3.8) is 0 Å². The van der Waals surface area contributed by atoms with E-state index in [1.54, 1.807) is 12.1 Å². The fraction of sp³-hybridized carbons (Fsp3) is 0.429. The standard InChI is InChI=1S/C14H19FN4O/c1-4-19-14(10(2)16-3)17-13(18-19)9-20-12-7-5-6-11(15)8-12/h5-8,10,16H,4,9H2,1-3H3/t10-/m0/s1. The third kappa shape index (κ3) is 3.33. The van der Waals surface area contributed by atoms with E-state index in [-0.39, 0.29) is 18.5 Å². The molecule has 5 nitrogen and oxygen atoms in total. The van der Waals surface area contributed by atoms with E-state index in [1.807, 2.05) is 25.6 Å². The SMILES string of the molecule is CCn1nc(COc2cccc(F)c2)nc1[C@H](C)NC. The highest BCUT2D eigenvalue weighted by atomic mass is 19.1. The summed E-state index contributed by atoms with van der Waals surface area (Å²) in [5.41, 5.74) is 0. The molecule has 6 heteroatoms. The second kappa shape index (κ2) is 6.47. The Labute approximate surface area is 117 Å². The highest BCUT2D eigenvalue weighted by Gasteiger charge is 2.14. The summed E-state index contributed by atoms with van der Waals surface area (Å²) >= 11 is 0. The number of benzene rings is 1. The van der Waals surface area contributed by atoms with E-state index in [0.717, 1.165) is 12.4 Å². The smallest absolute Gasteiger partial charge is 0.188 e. The molecule has 1 heterocycles. The quantitative estimate of drug-likeness (QED) is 0.881. The lowest BCUT2D eigenvalue weighted by molar-refractivity contribution is 0.293. The normalized spacial score (nSPS) is 12.4. The molecule has 2 aromatic rings. The van der Waals surface area contributed by atoms with Crippen molar-refractivity contribution in [1.29, 1.82) is 0 Å². The van der Waals surface area contributed by atoms with Crippen LogP contribution in [0.5, 0.6) is 5.75 Å². The minimum absolute atomic E-state index is 0.116. The van der Waals surface area contributed by atoms with Gasteiger partial charge in [-0.15, -0.1) is 0 Å². The number of rotatable bonds is 6. The van der Waals surface area contributed by atoms with E-state index in [2.05, 4.69) is 15.4 Å². The first-order chi connectivity index (χ1) is 9.63. The van der Waals surface area contributed by atoms with Gasteiger partial charge in [-0.1, -0.05) is 6.07 Å². The monoisotopic (exact) mass is 278 g/mol. The lowest BCUT2D eigenvalue weighted by Crippen LogP contribution is -2.18. The van der Waals surface area contributed by atoms with Crippen molar-refractivity contribution < 1.29 is 9.13 Å². The van der Waals surface area contributed by atoms with Crippen LogP contribution in [-0.2, 0) is 13.2 Å². The van der Waals surface area contributed by atoms with Crippen LogP contribution in [-0.4, -0.2) is 21.8 Å². The first-order valence-corrected chi connectivity index (χ1v) is 6.63. The molecular weight excluding hydrogens is 259 g/mol. The molecule has 2 rings (SSSR count). The van der Waals surface area contributed by atoms with Crippen LogP contribution in [0.15, 0.2) is 24.3 Å². The lowest BCUT2D eigenvalue weighted by Gasteiger charge is -2.09. The summed E-state index contributed by atoms with van der Waals surface area (Å²) in [6.07, 6.45) is 0. The third-order valence-electron chi connectivity index (χ3n) is 3.03. The van der Waals surface area contributed by atoms with Crippen molar-refractivity contribution in [3.8, 4) is 5.75 Å². The Morgan fingerprint density at radius 3 is 2.90 bits per heavy atom. The van der Waals surface area contributed by atoms with Crippen LogP contribution in [0.4, 0.5) is 4.39 Å². The maximum atomic E-state index is 13.0. The molecule has 1 aromatic heterocycles. The zero-order chi connectivity index (χ0) is 14.5. The molecule has 0 unspecified atom stereocenters. The number of aromatic nitrogens is 3. The molecule has 0 amide bonds. The molecule has 0 bridgehead atoms. The van der Waals surface area contributed by atoms with E-state index in [9.17, 15) is 4.39 Å². The Morgan fingerprint density at radius 2 is 2.25 bits per heavy atom. The molecule has 0 aliphatic heterocycles. The number of ether oxygens (including phenoxy) is 1. The molecule has 1 aromatic carbocycles. The van der Waals surface area contributed by atoms with Gasteiger partial charge in [0, 0.05) is 12.6 Å². The molecule has 0 aliphatic rings. The molecule has 0 spiro atoms. The highest BCUT2D eigenvalue weighted by molar-refractivity contribution is 5.22. The Hall–Kier alpha value is -1.95. The van der Waals surface area contributed by atoms with E-state index in [1.165, 1.54) is 12.1 Å². The maximum Gasteiger partial charge on any atom is 0.188 e. The van der Waals surface area contributed by atoms with Crippen molar-refractivity contribution in [2.75, 3.05) is 7.05 Å². The van der Waals surface area contributed by atoms with Gasteiger partial charge >= 0.3 is 0 Å². The largest absolute Gasteiger partial charge is 0.485 e. The van der Waals surface area contributed by atoms with Gasteiger partial charge in [0.1, 0.15) is 24.0 Å². The van der Waals surface area contributed by atoms with E-state index < -0.39 is 0 Å². The molecule has 20 heavy (non-hydrogen) atoms. The minimum atomic E-state index is -0.320. The van der Waals surface area contributed by atoms with Crippen LogP contribution in [0.3, 0.4) is 0 Å². The second-order valence-electron chi connectivity index (χ2n) is 4.46. The number of nitrogens with zero attached hydrogens (tertiary/aromatic N) is 3. The van der Waals surface area contributed by atoms with Crippen LogP contribution in [0, 0.1) is 5.82 Å². The van der Waals surface area contributed by atoms with Crippen molar-refractivity contribution in [1.82, 2.24) is 20.1 Å². The molecule has 0 aliphatic carbocycles. The third-order valence-corrected chi connectivity index (χ3v) is 3.03. The number of halogens is 1. The van der Waals surface area contributed by atoms with Gasteiger partial charge in [-0.2, -0.15) is 5.10 Å². The topological polar surface area (TPSA) is 52.0 Å². The predicted molar refractivity (Wildman–Crippen MR) is 73.9 cm³/mol. The number of aryl methyl sites for hydroxylation is 1. The van der Waals surface area contributed by atoms with Gasteiger partial charge in [-0.3, -0.25) is 0 Å². The Bertz CT molecular complexity index is 570. The van der Waals surface area contributed by atoms with Gasteiger partial charge in [0.25, 0.3) is 0 Å². The Kier molecular flexibility index (Phi) is 4.68. The molecule has 1 atom stereocenters. The summed E-state index contributed by atoms with van der Waals surface area (Å²) < 4.78 is 20.4. The number of nitrogens with one attached hydrogen (secondary N) is 1. The van der Waals surface area contributed by atoms with Gasteiger partial charge in [0.05, 0.1) is 6.04 Å². The van der Waals surface area contributed by atoms with Crippen LogP contribution in [0.2, 0.25) is 0 Å². The highest BCUT2D eigenvalue weighted by Crippen LogP contribution is 2.14. The van der Waals surface area contributed by atoms with Gasteiger partial charge < -0.3 is 10.1 Å². The fourth-order valence-corrected chi connectivity index (χ4v) is 1.85. The van der Waals surface area contributed by atoms with E-state index in [0.29, 0.717) is 11.6 Å². The molecule has 1 N–H and O–H groups in total. The first-order valence-electron chi connectivity index (χ1n) is 6.63. The molecule has 108 valence electrons. The van der Waals surface area contributed by atoms with Gasteiger partial charge in [0.2, 0.25) is 0 Å². The summed E-state index contributed by atoms with van der Waals surface area (Å²) in [4.78, 5) is 4.46. The average molecular weight is 278 g/mol. The molecule has 0 fully saturated rings. The van der Waals surface area contributed by atoms with Gasteiger partial charge in [-0.05, 0) is 33.0 Å². The van der Waals surface area contributed by atoms with E-state index in [4.69, 9.17) is 4.74 Å². The molecule has 0 radical (unpaired) electrons. The maximum absolute atomic E-state index is 13.0. The van der Waals surface area contributed by atoms with Crippen molar-refractivity contribution in [2.45, 2.75) is 33.0 Å². The zero-order valence-corrected chi connectivity index (χ0v) is 11.9. The van der Waals surface area contributed by atoms with Crippen molar-refractivity contribution in [3.05, 3.63) is 41.7 Å². The zero-order valence-electron chi connectivity index (χ0n) is 11.9. The van der Waals surface area contributed by atoms with Gasteiger partial charge in [0.15, 0.2) is 5.82 Å². The van der Waals surface area contributed by atoms with Crippen LogP contribution in [0.1, 0.15) is 31.5 Å². The van der Waals surface area contributed by atoms with E-state index >= 15 is 0 Å². The summed E-state index contributed by atoms with van der Waals surface area (Å²) in [5, 5.41) is 7.52. The summed E-state index contributed by atoms with van der Waals surface area (Å²) in [7, 11) is 1.88. The van der Waals surface area contributed by atoms with Crippen molar-refractivity contribution >= 4 is 0 Å². The average Bonchev–Trinajstić information content (AvgIpc) is 2.87. The van der Waals surface area contributed by atoms with Crippen LogP contribution < -0.4 is 10.1 Å². The van der Waals surface area contributed by atoms with Gasteiger partial charge in [-0.25, -0.2) is 14.1 Å². The van der Waals surface area contributed by atoms with Crippen LogP contribution >= 0.6 is 0 Å². The Morgan fingerprint density at radius 1 is 1.45 bits per heavy atom. The molecule has 0 saturated heterocycles. The predicted octanol–water partition coefficient (Wildman–Crippen LogP) is 2.30. The first kappa shape index (κ1) is 14.5. The lowest BCUT2D eigenvalue weighted by atomic mass is 10.3. The summed E-state index contributed by atoms with van der Waals surface area (Å²) in [6.45, 7) is 5.00. The summed E-state index contributed by atoms with van der Waals surface area (Å²) in [5.74, 6) is 1.61. The Balaban J connectivity index is 2.08. The second-order valence-corrected chi connectivity index (χ2v) is 4.46. The molecule has 0 saturated carbocycles. The fourth-order valence-electron chi connectivity index (χ4n) is 1.85.